The van der Waals surface area contributed by atoms with Crippen molar-refractivity contribution in [3.05, 3.63) is 23.8 Å². The molecule has 0 aliphatic carbocycles. The van der Waals surface area contributed by atoms with Crippen molar-refractivity contribution in [2.45, 2.75) is 108 Å². The Morgan fingerprint density at radius 1 is 0.600 bits per heavy atom. The number of rotatable bonds is 16. The summed E-state index contributed by atoms with van der Waals surface area (Å²) >= 11 is 4.15. The molecule has 0 amide bonds. The molecule has 0 aliphatic heterocycles. The van der Waals surface area contributed by atoms with Gasteiger partial charge in [0.15, 0.2) is 0 Å². The van der Waals surface area contributed by atoms with Gasteiger partial charge in [-0.15, -0.1) is 23.5 Å². The van der Waals surface area contributed by atoms with Gasteiger partial charge in [0.2, 0.25) is 0 Å². The van der Waals surface area contributed by atoms with Crippen LogP contribution in [0.15, 0.2) is 28.0 Å². The van der Waals surface area contributed by atoms with Crippen molar-refractivity contribution >= 4 is 23.5 Å². The van der Waals surface area contributed by atoms with Crippen LogP contribution in [0.4, 0.5) is 0 Å². The average Bonchev–Trinajstić information content (AvgIpc) is 2.61. The molecule has 0 aliphatic rings. The van der Waals surface area contributed by atoms with Gasteiger partial charge in [0.25, 0.3) is 0 Å². The summed E-state index contributed by atoms with van der Waals surface area (Å²) in [5, 5.41) is 0. The van der Waals surface area contributed by atoms with Gasteiger partial charge in [0.05, 0.1) is 0 Å². The molecule has 0 fully saturated rings. The fraction of sp³-hybridized carbons (Fsp3) is 0.739. The van der Waals surface area contributed by atoms with Gasteiger partial charge in [-0.05, 0) is 49.0 Å². The van der Waals surface area contributed by atoms with Crippen LogP contribution in [0.2, 0.25) is 0 Å². The Morgan fingerprint density at radius 2 is 1.08 bits per heavy atom. The topological polar surface area (TPSA) is 0 Å². The van der Waals surface area contributed by atoms with Crippen LogP contribution in [0.3, 0.4) is 0 Å². The molecule has 0 atom stereocenters. The largest absolute Gasteiger partial charge is 0.125 e. The monoisotopic (exact) mass is 380 g/mol. The lowest BCUT2D eigenvalue weighted by molar-refractivity contribution is 0.626. The first-order valence-corrected chi connectivity index (χ1v) is 12.6. The number of hydrogen-bond donors (Lipinski definition) is 0. The molecule has 0 spiro atoms. The zero-order valence-corrected chi connectivity index (χ0v) is 18.6. The second kappa shape index (κ2) is 16.1. The van der Waals surface area contributed by atoms with Gasteiger partial charge in [0.1, 0.15) is 0 Å². The lowest BCUT2D eigenvalue weighted by Crippen LogP contribution is -1.88. The smallest absolute Gasteiger partial charge is 0.0211 e. The van der Waals surface area contributed by atoms with E-state index < -0.39 is 0 Å². The van der Waals surface area contributed by atoms with E-state index in [1.54, 1.807) is 0 Å². The molecule has 0 heterocycles. The fourth-order valence-corrected chi connectivity index (χ4v) is 5.31. The van der Waals surface area contributed by atoms with E-state index in [4.69, 9.17) is 0 Å². The van der Waals surface area contributed by atoms with Crippen molar-refractivity contribution in [2.24, 2.45) is 0 Å². The van der Waals surface area contributed by atoms with Gasteiger partial charge >= 0.3 is 0 Å². The van der Waals surface area contributed by atoms with E-state index in [0.29, 0.717) is 0 Å². The first-order valence-electron chi connectivity index (χ1n) is 10.6. The molecule has 25 heavy (non-hydrogen) atoms. The minimum absolute atomic E-state index is 1.28. The minimum atomic E-state index is 1.28. The summed E-state index contributed by atoms with van der Waals surface area (Å²) in [5.74, 6) is 2.56. The number of hydrogen-bond acceptors (Lipinski definition) is 2. The van der Waals surface area contributed by atoms with Gasteiger partial charge in [-0.25, -0.2) is 0 Å². The molecule has 0 radical (unpaired) electrons. The highest BCUT2D eigenvalue weighted by atomic mass is 32.2. The molecule has 2 heteroatoms. The number of aryl methyl sites for hydroxylation is 1. The Labute approximate surface area is 166 Å². The van der Waals surface area contributed by atoms with Crippen molar-refractivity contribution < 1.29 is 0 Å². The summed E-state index contributed by atoms with van der Waals surface area (Å²) in [4.78, 5) is 3.03. The van der Waals surface area contributed by atoms with E-state index >= 15 is 0 Å². The Kier molecular flexibility index (Phi) is 14.8. The van der Waals surface area contributed by atoms with Crippen LogP contribution in [-0.2, 0) is 0 Å². The molecular formula is C23H40S2. The lowest BCUT2D eigenvalue weighted by Gasteiger charge is -2.10. The van der Waals surface area contributed by atoms with Gasteiger partial charge in [-0.2, -0.15) is 0 Å². The molecule has 0 bridgehead atoms. The highest BCUT2D eigenvalue weighted by Gasteiger charge is 2.05. The minimum Gasteiger partial charge on any atom is -0.125 e. The third-order valence-corrected chi connectivity index (χ3v) is 7.04. The first kappa shape index (κ1) is 23.0. The van der Waals surface area contributed by atoms with E-state index in [2.05, 4.69) is 62.5 Å². The van der Waals surface area contributed by atoms with Crippen LogP contribution in [0.25, 0.3) is 0 Å². The van der Waals surface area contributed by atoms with Gasteiger partial charge in [-0.3, -0.25) is 0 Å². The first-order chi connectivity index (χ1) is 12.3. The summed E-state index contributed by atoms with van der Waals surface area (Å²) < 4.78 is 0. The summed E-state index contributed by atoms with van der Waals surface area (Å²) in [5.41, 5.74) is 1.40. The molecule has 0 N–H and O–H groups in total. The second-order valence-electron chi connectivity index (χ2n) is 7.18. The van der Waals surface area contributed by atoms with E-state index in [1.807, 2.05) is 0 Å². The van der Waals surface area contributed by atoms with Crippen LogP contribution in [-0.4, -0.2) is 11.5 Å². The Balaban J connectivity index is 2.25. The molecule has 144 valence electrons. The van der Waals surface area contributed by atoms with Gasteiger partial charge < -0.3 is 0 Å². The Bertz CT molecular complexity index is 428. The van der Waals surface area contributed by atoms with Crippen LogP contribution < -0.4 is 0 Å². The van der Waals surface area contributed by atoms with Crippen molar-refractivity contribution in [3.8, 4) is 0 Å². The van der Waals surface area contributed by atoms with Crippen molar-refractivity contribution in [1.29, 1.82) is 0 Å². The highest BCUT2D eigenvalue weighted by molar-refractivity contribution is 8.02. The second-order valence-corrected chi connectivity index (χ2v) is 9.46. The van der Waals surface area contributed by atoms with E-state index in [1.165, 1.54) is 104 Å². The zero-order chi connectivity index (χ0) is 18.2. The van der Waals surface area contributed by atoms with E-state index in [9.17, 15) is 0 Å². The SMILES string of the molecule is CCCCCCCCSc1ccc(C)cc1SCCCCCCCC. The Morgan fingerprint density at radius 3 is 1.64 bits per heavy atom. The van der Waals surface area contributed by atoms with Crippen LogP contribution in [0.1, 0.15) is 96.5 Å². The molecule has 0 nitrogen and oxygen atoms in total. The predicted molar refractivity (Wildman–Crippen MR) is 119 cm³/mol. The maximum Gasteiger partial charge on any atom is 0.0211 e. The standard InChI is InChI=1S/C23H40S2/c1-4-6-8-10-12-14-18-24-22-17-16-21(3)20-23(22)25-19-15-13-11-9-7-5-2/h16-17,20H,4-15,18-19H2,1-3H3. The van der Waals surface area contributed by atoms with Crippen LogP contribution in [0, 0.1) is 6.92 Å². The van der Waals surface area contributed by atoms with Crippen LogP contribution >= 0.6 is 23.5 Å². The molecule has 1 aromatic rings. The molecule has 1 aromatic carbocycles. The summed E-state index contributed by atoms with van der Waals surface area (Å²) in [6, 6.07) is 7.02. The number of thioether (sulfide) groups is 2. The lowest BCUT2D eigenvalue weighted by atomic mass is 10.1. The maximum absolute atomic E-state index is 2.39. The molecule has 0 saturated carbocycles. The van der Waals surface area contributed by atoms with Crippen LogP contribution in [0.5, 0.6) is 0 Å². The highest BCUT2D eigenvalue weighted by Crippen LogP contribution is 2.33. The Hall–Kier alpha value is -0.0800. The molecular weight excluding hydrogens is 340 g/mol. The number of unbranched alkanes of at least 4 members (excludes halogenated alkanes) is 10. The zero-order valence-electron chi connectivity index (χ0n) is 16.9. The van der Waals surface area contributed by atoms with E-state index in [-0.39, 0.29) is 0 Å². The summed E-state index contributed by atoms with van der Waals surface area (Å²) in [6.45, 7) is 6.80. The molecule has 0 saturated heterocycles. The van der Waals surface area contributed by atoms with Crippen molar-refractivity contribution in [1.82, 2.24) is 0 Å². The van der Waals surface area contributed by atoms with Gasteiger partial charge in [-0.1, -0.05) is 84.1 Å². The average molecular weight is 381 g/mol. The number of benzene rings is 1. The normalized spacial score (nSPS) is 11.2. The van der Waals surface area contributed by atoms with Gasteiger partial charge in [0, 0.05) is 9.79 Å². The molecule has 1 rings (SSSR count). The third-order valence-electron chi connectivity index (χ3n) is 4.61. The predicted octanol–water partition coefficient (Wildman–Crippen LogP) is 8.90. The molecule has 0 aromatic heterocycles. The maximum atomic E-state index is 2.39. The summed E-state index contributed by atoms with van der Waals surface area (Å²) in [6.07, 6.45) is 16.7. The third kappa shape index (κ3) is 12.0. The fourth-order valence-electron chi connectivity index (χ4n) is 2.98. The quantitative estimate of drug-likeness (QED) is 0.207. The van der Waals surface area contributed by atoms with E-state index in [0.717, 1.165) is 0 Å². The molecule has 0 unspecified atom stereocenters. The summed E-state index contributed by atoms with van der Waals surface area (Å²) in [7, 11) is 0. The van der Waals surface area contributed by atoms with Crippen molar-refractivity contribution in [3.63, 3.8) is 0 Å². The van der Waals surface area contributed by atoms with Crippen molar-refractivity contribution in [2.75, 3.05) is 11.5 Å².